The van der Waals surface area contributed by atoms with E-state index < -0.39 is 0 Å². The fraction of sp³-hybridized carbons (Fsp3) is 0.893. The first-order chi connectivity index (χ1) is 14.6. The molecule has 0 aliphatic heterocycles. The molecule has 0 bridgehead atoms. The van der Waals surface area contributed by atoms with Crippen LogP contribution in [0.2, 0.25) is 0 Å². The van der Waals surface area contributed by atoms with Crippen molar-refractivity contribution in [2.24, 2.45) is 5.92 Å². The molecule has 0 saturated carbocycles. The Morgan fingerprint density at radius 2 is 1.17 bits per heavy atom. The number of imidazole rings is 1. The van der Waals surface area contributed by atoms with Crippen LogP contribution >= 0.6 is 0 Å². The summed E-state index contributed by atoms with van der Waals surface area (Å²) in [6, 6.07) is 0.612. The molecule has 0 fully saturated rings. The zero-order chi connectivity index (χ0) is 22.0. The van der Waals surface area contributed by atoms with Gasteiger partial charge in [0.05, 0.1) is 12.0 Å². The predicted molar refractivity (Wildman–Crippen MR) is 133 cm³/mol. The molecular weight excluding hydrogens is 364 g/mol. The standard InChI is InChI=1S/C28H54N2/c1-6-8-9-10-11-12-13-14-15-16-17-18-19-20-21-22-26(5)30-24-23-29-28(30)27(7-2)25(3)4/h23-27H,6-22H2,1-5H3/p+1. The third-order valence-corrected chi connectivity index (χ3v) is 7.04. The number of aromatic nitrogens is 2. The zero-order valence-corrected chi connectivity index (χ0v) is 21.4. The Morgan fingerprint density at radius 1 is 0.700 bits per heavy atom. The monoisotopic (exact) mass is 419 g/mol. The average molecular weight is 420 g/mol. The number of hydrogen-bond donors (Lipinski definition) is 1. The summed E-state index contributed by atoms with van der Waals surface area (Å²) in [5, 5.41) is 0. The molecule has 2 atom stereocenters. The fourth-order valence-electron chi connectivity index (χ4n) is 4.97. The van der Waals surface area contributed by atoms with Gasteiger partial charge in [0, 0.05) is 0 Å². The van der Waals surface area contributed by atoms with Crippen LogP contribution in [0.15, 0.2) is 12.4 Å². The number of nitrogens with zero attached hydrogens (tertiary/aromatic N) is 1. The minimum atomic E-state index is 0.612. The Hall–Kier alpha value is -0.790. The number of nitrogens with one attached hydrogen (secondary N) is 1. The molecule has 0 spiro atoms. The summed E-state index contributed by atoms with van der Waals surface area (Å²) >= 11 is 0. The van der Waals surface area contributed by atoms with Crippen LogP contribution in [0.25, 0.3) is 0 Å². The molecule has 1 aromatic heterocycles. The Bertz CT molecular complexity index is 491. The molecule has 1 rings (SSSR count). The number of rotatable bonds is 20. The van der Waals surface area contributed by atoms with Crippen LogP contribution in [0.5, 0.6) is 0 Å². The van der Waals surface area contributed by atoms with E-state index >= 15 is 0 Å². The van der Waals surface area contributed by atoms with E-state index in [1.165, 1.54) is 115 Å². The molecule has 1 aromatic rings. The third-order valence-electron chi connectivity index (χ3n) is 7.04. The van der Waals surface area contributed by atoms with Crippen LogP contribution in [-0.4, -0.2) is 4.98 Å². The van der Waals surface area contributed by atoms with Crippen LogP contribution in [0.1, 0.15) is 162 Å². The Morgan fingerprint density at radius 3 is 1.60 bits per heavy atom. The summed E-state index contributed by atoms with van der Waals surface area (Å²) < 4.78 is 2.51. The number of aromatic amines is 1. The first kappa shape index (κ1) is 27.2. The van der Waals surface area contributed by atoms with Gasteiger partial charge in [0.1, 0.15) is 12.4 Å². The molecule has 1 N–H and O–H groups in total. The summed E-state index contributed by atoms with van der Waals surface area (Å²) in [7, 11) is 0. The topological polar surface area (TPSA) is 19.7 Å². The van der Waals surface area contributed by atoms with Crippen molar-refractivity contribution in [1.82, 2.24) is 4.98 Å². The molecule has 1 heterocycles. The minimum Gasteiger partial charge on any atom is -0.247 e. The quantitative estimate of drug-likeness (QED) is 0.160. The van der Waals surface area contributed by atoms with E-state index in [-0.39, 0.29) is 0 Å². The molecular formula is C28H55N2+. The van der Waals surface area contributed by atoms with Gasteiger partial charge in [0.15, 0.2) is 0 Å². The van der Waals surface area contributed by atoms with E-state index in [9.17, 15) is 0 Å². The summed E-state index contributed by atoms with van der Waals surface area (Å²) in [4.78, 5) is 3.54. The summed E-state index contributed by atoms with van der Waals surface area (Å²) in [5.74, 6) is 2.77. The molecule has 0 aromatic carbocycles. The number of unbranched alkanes of at least 4 members (excludes halogenated alkanes) is 14. The molecule has 0 aliphatic rings. The van der Waals surface area contributed by atoms with Gasteiger partial charge in [0.25, 0.3) is 5.82 Å². The highest BCUT2D eigenvalue weighted by atomic mass is 15.1. The molecule has 2 heteroatoms. The van der Waals surface area contributed by atoms with Crippen LogP contribution in [0.4, 0.5) is 0 Å². The second kappa shape index (κ2) is 17.8. The van der Waals surface area contributed by atoms with E-state index in [0.29, 0.717) is 17.9 Å². The highest BCUT2D eigenvalue weighted by Gasteiger charge is 2.26. The van der Waals surface area contributed by atoms with Crippen LogP contribution < -0.4 is 4.57 Å². The van der Waals surface area contributed by atoms with Crippen molar-refractivity contribution in [3.63, 3.8) is 0 Å². The van der Waals surface area contributed by atoms with E-state index in [1.807, 2.05) is 0 Å². The van der Waals surface area contributed by atoms with Gasteiger partial charge in [-0.25, -0.2) is 9.55 Å². The molecule has 0 saturated heterocycles. The lowest BCUT2D eigenvalue weighted by Gasteiger charge is -2.18. The van der Waals surface area contributed by atoms with Crippen molar-refractivity contribution in [3.8, 4) is 0 Å². The van der Waals surface area contributed by atoms with Gasteiger partial charge in [0.2, 0.25) is 0 Å². The minimum absolute atomic E-state index is 0.612. The van der Waals surface area contributed by atoms with Gasteiger partial charge in [-0.2, -0.15) is 0 Å². The zero-order valence-electron chi connectivity index (χ0n) is 21.4. The molecule has 2 nitrogen and oxygen atoms in total. The van der Waals surface area contributed by atoms with Crippen molar-refractivity contribution in [1.29, 1.82) is 0 Å². The summed E-state index contributed by atoms with van der Waals surface area (Å²) in [6.07, 6.45) is 28.5. The first-order valence-electron chi connectivity index (χ1n) is 13.7. The van der Waals surface area contributed by atoms with Crippen molar-refractivity contribution in [2.45, 2.75) is 156 Å². The lowest BCUT2D eigenvalue weighted by atomic mass is 9.92. The third kappa shape index (κ3) is 11.6. The van der Waals surface area contributed by atoms with Crippen molar-refractivity contribution >= 4 is 0 Å². The Balaban J connectivity index is 2.00. The maximum Gasteiger partial charge on any atom is 0.257 e. The molecule has 0 aliphatic carbocycles. The van der Waals surface area contributed by atoms with Crippen LogP contribution in [0, 0.1) is 5.92 Å². The van der Waals surface area contributed by atoms with E-state index in [0.717, 1.165) is 0 Å². The smallest absolute Gasteiger partial charge is 0.247 e. The lowest BCUT2D eigenvalue weighted by Crippen LogP contribution is -2.41. The summed E-state index contributed by atoms with van der Waals surface area (Å²) in [5.41, 5.74) is 0. The second-order valence-electron chi connectivity index (χ2n) is 10.1. The van der Waals surface area contributed by atoms with Gasteiger partial charge in [-0.3, -0.25) is 0 Å². The van der Waals surface area contributed by atoms with Crippen molar-refractivity contribution in [2.75, 3.05) is 0 Å². The maximum atomic E-state index is 3.54. The largest absolute Gasteiger partial charge is 0.257 e. The fourth-order valence-corrected chi connectivity index (χ4v) is 4.97. The molecule has 2 unspecified atom stereocenters. The molecule has 30 heavy (non-hydrogen) atoms. The summed E-state index contributed by atoms with van der Waals surface area (Å²) in [6.45, 7) is 11.7. The van der Waals surface area contributed by atoms with Gasteiger partial charge in [-0.15, -0.1) is 0 Å². The molecule has 0 radical (unpaired) electrons. The SMILES string of the molecule is CCCCCCCCCCCCCCCCCC(C)[n+]1cc[nH]c1C(CC)C(C)C. The van der Waals surface area contributed by atoms with Crippen LogP contribution in [0.3, 0.4) is 0 Å². The number of hydrogen-bond acceptors (Lipinski definition) is 0. The molecule has 176 valence electrons. The van der Waals surface area contributed by atoms with Gasteiger partial charge in [-0.1, -0.05) is 118 Å². The highest BCUT2D eigenvalue weighted by Crippen LogP contribution is 2.25. The van der Waals surface area contributed by atoms with Crippen LogP contribution in [-0.2, 0) is 0 Å². The van der Waals surface area contributed by atoms with Gasteiger partial charge in [-0.05, 0) is 32.1 Å². The van der Waals surface area contributed by atoms with E-state index in [1.54, 1.807) is 0 Å². The highest BCUT2D eigenvalue weighted by molar-refractivity contribution is 4.91. The van der Waals surface area contributed by atoms with Gasteiger partial charge >= 0.3 is 0 Å². The lowest BCUT2D eigenvalue weighted by molar-refractivity contribution is -0.727. The second-order valence-corrected chi connectivity index (χ2v) is 10.1. The Labute approximate surface area is 189 Å². The van der Waals surface area contributed by atoms with Gasteiger partial charge < -0.3 is 0 Å². The van der Waals surface area contributed by atoms with Crippen molar-refractivity contribution < 1.29 is 4.57 Å². The Kier molecular flexibility index (Phi) is 16.2. The van der Waals surface area contributed by atoms with Crippen molar-refractivity contribution in [3.05, 3.63) is 18.2 Å². The predicted octanol–water partition coefficient (Wildman–Crippen LogP) is 9.27. The number of H-pyrrole nitrogens is 1. The first-order valence-corrected chi connectivity index (χ1v) is 13.7. The average Bonchev–Trinajstić information content (AvgIpc) is 3.20. The normalized spacial score (nSPS) is 13.8. The maximum absolute atomic E-state index is 3.54. The molecule has 0 amide bonds. The van der Waals surface area contributed by atoms with E-state index in [4.69, 9.17) is 0 Å². The van der Waals surface area contributed by atoms with E-state index in [2.05, 4.69) is 56.6 Å².